The van der Waals surface area contributed by atoms with E-state index in [1.807, 2.05) is 0 Å². The molecule has 0 aliphatic carbocycles. The maximum atomic E-state index is 11.9. The van der Waals surface area contributed by atoms with Crippen LogP contribution in [0.15, 0.2) is 24.3 Å². The Morgan fingerprint density at radius 1 is 1.37 bits per heavy atom. The molecule has 0 unspecified atom stereocenters. The highest BCUT2D eigenvalue weighted by molar-refractivity contribution is 6.00. The van der Waals surface area contributed by atoms with Crippen molar-refractivity contribution in [3.05, 3.63) is 39.9 Å². The van der Waals surface area contributed by atoms with Gasteiger partial charge in [0.05, 0.1) is 4.92 Å². The zero-order chi connectivity index (χ0) is 14.4. The third-order valence-corrected chi connectivity index (χ3v) is 2.44. The van der Waals surface area contributed by atoms with Crippen molar-refractivity contribution in [1.82, 2.24) is 10.6 Å². The highest BCUT2D eigenvalue weighted by Gasteiger charge is 2.22. The number of nitrogens with zero attached hydrogens (tertiary/aromatic N) is 1. The van der Waals surface area contributed by atoms with Gasteiger partial charge in [0.25, 0.3) is 11.6 Å². The lowest BCUT2D eigenvalue weighted by molar-refractivity contribution is -0.385. The first-order valence-electron chi connectivity index (χ1n) is 5.79. The Bertz CT molecular complexity index is 502. The highest BCUT2D eigenvalue weighted by atomic mass is 16.6. The average Bonchev–Trinajstić information content (AvgIpc) is 2.38. The molecule has 102 valence electrons. The van der Waals surface area contributed by atoms with Gasteiger partial charge in [0.15, 0.2) is 0 Å². The van der Waals surface area contributed by atoms with Crippen molar-refractivity contribution in [2.75, 3.05) is 6.54 Å². The molecule has 0 aliphatic rings. The second-order valence-electron chi connectivity index (χ2n) is 3.86. The first-order chi connectivity index (χ1) is 8.97. The second kappa shape index (κ2) is 6.48. The molecule has 1 rings (SSSR count). The number of nitrogens with one attached hydrogen (secondary N) is 2. The van der Waals surface area contributed by atoms with Gasteiger partial charge in [-0.25, -0.2) is 0 Å². The quantitative estimate of drug-likeness (QED) is 0.608. The smallest absolute Gasteiger partial charge is 0.282 e. The SMILES string of the molecule is CCNC(=O)[C@H](C)NC(=O)c1ccccc1[N+](=O)[O-]. The Balaban J connectivity index is 2.84. The zero-order valence-electron chi connectivity index (χ0n) is 10.7. The lowest BCUT2D eigenvalue weighted by Crippen LogP contribution is -2.44. The van der Waals surface area contributed by atoms with Crippen LogP contribution in [0.5, 0.6) is 0 Å². The number of nitro benzene ring substituents is 1. The molecule has 0 spiro atoms. The Kier molecular flexibility index (Phi) is 4.99. The van der Waals surface area contributed by atoms with Crippen molar-refractivity contribution in [1.29, 1.82) is 0 Å². The molecule has 1 aromatic rings. The molecule has 19 heavy (non-hydrogen) atoms. The maximum absolute atomic E-state index is 11.9. The van der Waals surface area contributed by atoms with E-state index in [-0.39, 0.29) is 17.2 Å². The topological polar surface area (TPSA) is 101 Å². The maximum Gasteiger partial charge on any atom is 0.282 e. The summed E-state index contributed by atoms with van der Waals surface area (Å²) in [5.41, 5.74) is -0.355. The van der Waals surface area contributed by atoms with Crippen LogP contribution in [0.2, 0.25) is 0 Å². The fraction of sp³-hybridized carbons (Fsp3) is 0.333. The van der Waals surface area contributed by atoms with Gasteiger partial charge < -0.3 is 10.6 Å². The number of benzene rings is 1. The largest absolute Gasteiger partial charge is 0.355 e. The van der Waals surface area contributed by atoms with E-state index >= 15 is 0 Å². The van der Waals surface area contributed by atoms with E-state index in [4.69, 9.17) is 0 Å². The summed E-state index contributed by atoms with van der Waals surface area (Å²) >= 11 is 0. The molecule has 7 nitrogen and oxygen atoms in total. The average molecular weight is 265 g/mol. The normalized spacial score (nSPS) is 11.5. The van der Waals surface area contributed by atoms with E-state index in [9.17, 15) is 19.7 Å². The zero-order valence-corrected chi connectivity index (χ0v) is 10.7. The molecule has 0 bridgehead atoms. The van der Waals surface area contributed by atoms with Crippen molar-refractivity contribution < 1.29 is 14.5 Å². The van der Waals surface area contributed by atoms with Gasteiger partial charge >= 0.3 is 0 Å². The van der Waals surface area contributed by atoms with Crippen molar-refractivity contribution in [2.24, 2.45) is 0 Å². The second-order valence-corrected chi connectivity index (χ2v) is 3.86. The van der Waals surface area contributed by atoms with Crippen molar-refractivity contribution in [3.8, 4) is 0 Å². The van der Waals surface area contributed by atoms with Crippen LogP contribution in [0.3, 0.4) is 0 Å². The molecule has 0 saturated heterocycles. The molecule has 0 heterocycles. The van der Waals surface area contributed by atoms with Crippen molar-refractivity contribution in [3.63, 3.8) is 0 Å². The summed E-state index contributed by atoms with van der Waals surface area (Å²) in [5, 5.41) is 15.8. The standard InChI is InChI=1S/C12H15N3O4/c1-3-13-11(16)8(2)14-12(17)9-6-4-5-7-10(9)15(18)19/h4-8H,3H2,1-2H3,(H,13,16)(H,14,17)/t8-/m0/s1. The molecule has 0 fully saturated rings. The molecule has 2 N–H and O–H groups in total. The van der Waals surface area contributed by atoms with Crippen LogP contribution in [0.25, 0.3) is 0 Å². The minimum atomic E-state index is -0.757. The first-order valence-corrected chi connectivity index (χ1v) is 5.79. The molecule has 0 saturated carbocycles. The van der Waals surface area contributed by atoms with E-state index in [1.54, 1.807) is 6.92 Å². The Morgan fingerprint density at radius 2 is 2.00 bits per heavy atom. The van der Waals surface area contributed by atoms with Crippen LogP contribution in [0.1, 0.15) is 24.2 Å². The van der Waals surface area contributed by atoms with Crippen molar-refractivity contribution >= 4 is 17.5 Å². The highest BCUT2D eigenvalue weighted by Crippen LogP contribution is 2.17. The van der Waals surface area contributed by atoms with Gasteiger partial charge in [-0.15, -0.1) is 0 Å². The summed E-state index contributed by atoms with van der Waals surface area (Å²) in [6.45, 7) is 3.72. The number of rotatable bonds is 5. The predicted molar refractivity (Wildman–Crippen MR) is 68.7 cm³/mol. The monoisotopic (exact) mass is 265 g/mol. The van der Waals surface area contributed by atoms with Crippen LogP contribution in [-0.2, 0) is 4.79 Å². The number of para-hydroxylation sites is 1. The third kappa shape index (κ3) is 3.77. The number of amides is 2. The van der Waals surface area contributed by atoms with Gasteiger partial charge in [0.2, 0.25) is 5.91 Å². The van der Waals surface area contributed by atoms with E-state index in [2.05, 4.69) is 10.6 Å². The summed E-state index contributed by atoms with van der Waals surface area (Å²) in [6, 6.07) is 4.83. The summed E-state index contributed by atoms with van der Waals surface area (Å²) in [7, 11) is 0. The van der Waals surface area contributed by atoms with Crippen LogP contribution >= 0.6 is 0 Å². The Hall–Kier alpha value is -2.44. The summed E-state index contributed by atoms with van der Waals surface area (Å²) in [5.74, 6) is -0.986. The lowest BCUT2D eigenvalue weighted by Gasteiger charge is -2.13. The van der Waals surface area contributed by atoms with Gasteiger partial charge in [0.1, 0.15) is 11.6 Å². The molecule has 0 aliphatic heterocycles. The van der Waals surface area contributed by atoms with Crippen LogP contribution in [0.4, 0.5) is 5.69 Å². The Labute approximate surface area is 110 Å². The van der Waals surface area contributed by atoms with Crippen LogP contribution in [-0.4, -0.2) is 29.3 Å². The molecule has 1 aromatic carbocycles. The molecule has 0 aromatic heterocycles. The number of nitro groups is 1. The van der Waals surface area contributed by atoms with E-state index < -0.39 is 16.9 Å². The summed E-state index contributed by atoms with van der Waals surface area (Å²) in [6.07, 6.45) is 0. The minimum absolute atomic E-state index is 0.0661. The molecular weight excluding hydrogens is 250 g/mol. The number of carbonyl (C=O) groups excluding carboxylic acids is 2. The number of carbonyl (C=O) groups is 2. The van der Waals surface area contributed by atoms with Crippen LogP contribution < -0.4 is 10.6 Å². The lowest BCUT2D eigenvalue weighted by atomic mass is 10.1. The number of hydrogen-bond acceptors (Lipinski definition) is 4. The van der Waals surface area contributed by atoms with Gasteiger partial charge in [-0.3, -0.25) is 19.7 Å². The number of likely N-dealkylation sites (N-methyl/N-ethyl adjacent to an activating group) is 1. The molecule has 0 radical (unpaired) electrons. The van der Waals surface area contributed by atoms with Gasteiger partial charge in [0, 0.05) is 12.6 Å². The number of hydrogen-bond donors (Lipinski definition) is 2. The molecular formula is C12H15N3O4. The van der Waals surface area contributed by atoms with Gasteiger partial charge in [-0.1, -0.05) is 12.1 Å². The van der Waals surface area contributed by atoms with E-state index in [0.717, 1.165) is 0 Å². The minimum Gasteiger partial charge on any atom is -0.355 e. The summed E-state index contributed by atoms with van der Waals surface area (Å²) in [4.78, 5) is 33.5. The van der Waals surface area contributed by atoms with E-state index in [0.29, 0.717) is 6.54 Å². The fourth-order valence-corrected chi connectivity index (χ4v) is 1.49. The summed E-state index contributed by atoms with van der Waals surface area (Å²) < 4.78 is 0. The van der Waals surface area contributed by atoms with Crippen LogP contribution in [0, 0.1) is 10.1 Å². The first kappa shape index (κ1) is 14.6. The van der Waals surface area contributed by atoms with E-state index in [1.165, 1.54) is 31.2 Å². The predicted octanol–water partition coefficient (Wildman–Crippen LogP) is 0.849. The molecule has 7 heteroatoms. The molecule has 2 amide bonds. The van der Waals surface area contributed by atoms with Gasteiger partial charge in [-0.05, 0) is 19.9 Å². The fourth-order valence-electron chi connectivity index (χ4n) is 1.49. The third-order valence-electron chi connectivity index (χ3n) is 2.44. The Morgan fingerprint density at radius 3 is 2.58 bits per heavy atom. The van der Waals surface area contributed by atoms with Crippen molar-refractivity contribution in [2.45, 2.75) is 19.9 Å². The molecule has 1 atom stereocenters. The van der Waals surface area contributed by atoms with Gasteiger partial charge in [-0.2, -0.15) is 0 Å².